The average Bonchev–Trinajstić information content (AvgIpc) is 2.78. The minimum absolute atomic E-state index is 0.0357. The van der Waals surface area contributed by atoms with Crippen LogP contribution >= 0.6 is 0 Å². The van der Waals surface area contributed by atoms with Gasteiger partial charge >= 0.3 is 11.7 Å². The summed E-state index contributed by atoms with van der Waals surface area (Å²) < 4.78 is 10.9. The van der Waals surface area contributed by atoms with Gasteiger partial charge in [0, 0.05) is 49.5 Å². The number of benzene rings is 1. The maximum Gasteiger partial charge on any atom is 0.410 e. The van der Waals surface area contributed by atoms with E-state index in [9.17, 15) is 14.4 Å². The Morgan fingerprint density at radius 1 is 1.15 bits per heavy atom. The first kappa shape index (κ1) is 25.1. The van der Waals surface area contributed by atoms with E-state index in [0.717, 1.165) is 18.5 Å². The van der Waals surface area contributed by atoms with Gasteiger partial charge in [-0.1, -0.05) is 12.2 Å². The molecule has 0 aliphatic heterocycles. The summed E-state index contributed by atoms with van der Waals surface area (Å²) in [6.07, 6.45) is 7.14. The third-order valence-corrected chi connectivity index (χ3v) is 5.37. The summed E-state index contributed by atoms with van der Waals surface area (Å²) in [4.78, 5) is 41.0. The maximum atomic E-state index is 12.6. The predicted octanol–water partition coefficient (Wildman–Crippen LogP) is 4.45. The molecule has 0 fully saturated rings. The van der Waals surface area contributed by atoms with Gasteiger partial charge < -0.3 is 24.3 Å². The molecule has 1 aromatic carbocycles. The van der Waals surface area contributed by atoms with Crippen LogP contribution in [-0.4, -0.2) is 49.2 Å². The molecule has 2 amide bonds. The van der Waals surface area contributed by atoms with Crippen LogP contribution in [-0.2, 0) is 4.74 Å². The number of likely N-dealkylation sites (N-methyl/N-ethyl adjacent to an activating group) is 2. The minimum atomic E-state index is -0.685. The zero-order valence-corrected chi connectivity index (χ0v) is 20.5. The number of ether oxygens (including phenoxy) is 1. The monoisotopic (exact) mass is 467 g/mol. The van der Waals surface area contributed by atoms with Crippen LogP contribution in [0.25, 0.3) is 11.0 Å². The van der Waals surface area contributed by atoms with Crippen molar-refractivity contribution in [2.24, 2.45) is 0 Å². The van der Waals surface area contributed by atoms with Crippen molar-refractivity contribution in [2.45, 2.75) is 46.1 Å². The van der Waals surface area contributed by atoms with Crippen molar-refractivity contribution in [2.75, 3.05) is 31.6 Å². The van der Waals surface area contributed by atoms with Gasteiger partial charge in [0.15, 0.2) is 0 Å². The quantitative estimate of drug-likeness (QED) is 0.605. The first-order valence-electron chi connectivity index (χ1n) is 11.5. The van der Waals surface area contributed by atoms with E-state index in [1.54, 1.807) is 19.2 Å². The van der Waals surface area contributed by atoms with E-state index in [1.807, 2.05) is 58.1 Å². The summed E-state index contributed by atoms with van der Waals surface area (Å²) in [5, 5.41) is 3.41. The number of carbonyl (C=O) groups is 2. The van der Waals surface area contributed by atoms with Crippen molar-refractivity contribution in [3.8, 4) is 0 Å². The number of hydrogen-bond donors (Lipinski definition) is 1. The molecule has 8 heteroatoms. The molecule has 0 atom stereocenters. The van der Waals surface area contributed by atoms with Crippen LogP contribution in [0.5, 0.6) is 0 Å². The van der Waals surface area contributed by atoms with Crippen LogP contribution in [0.1, 0.15) is 50.9 Å². The number of carbonyl (C=O) groups excluding carboxylic acids is 2. The summed E-state index contributed by atoms with van der Waals surface area (Å²) in [5.41, 5.74) is 0.661. The third-order valence-electron chi connectivity index (χ3n) is 5.37. The normalized spacial score (nSPS) is 13.4. The molecule has 2 aromatic rings. The number of rotatable bonds is 7. The van der Waals surface area contributed by atoms with Crippen molar-refractivity contribution in [3.05, 3.63) is 64.2 Å². The largest absolute Gasteiger partial charge is 0.444 e. The molecule has 1 aliphatic rings. The highest BCUT2D eigenvalue weighted by molar-refractivity contribution is 5.98. The van der Waals surface area contributed by atoms with Crippen LogP contribution in [0.15, 0.2) is 57.4 Å². The van der Waals surface area contributed by atoms with E-state index >= 15 is 0 Å². The van der Waals surface area contributed by atoms with Crippen molar-refractivity contribution in [1.82, 2.24) is 10.2 Å². The molecule has 0 spiro atoms. The summed E-state index contributed by atoms with van der Waals surface area (Å²) in [6.45, 7) is 9.24. The van der Waals surface area contributed by atoms with Gasteiger partial charge in [0.2, 0.25) is 0 Å². The molecule has 0 bridgehead atoms. The first-order valence-corrected chi connectivity index (χ1v) is 11.5. The van der Waals surface area contributed by atoms with Crippen LogP contribution in [0.2, 0.25) is 0 Å². The van der Waals surface area contributed by atoms with Crippen molar-refractivity contribution < 1.29 is 18.7 Å². The van der Waals surface area contributed by atoms with E-state index in [1.165, 1.54) is 4.90 Å². The second-order valence-corrected chi connectivity index (χ2v) is 9.24. The van der Waals surface area contributed by atoms with Gasteiger partial charge in [-0.25, -0.2) is 9.59 Å². The van der Waals surface area contributed by atoms with Gasteiger partial charge in [-0.3, -0.25) is 4.79 Å². The lowest BCUT2D eigenvalue weighted by molar-refractivity contribution is 0.0303. The molecule has 1 heterocycles. The number of anilines is 1. The van der Waals surface area contributed by atoms with Crippen molar-refractivity contribution >= 4 is 28.7 Å². The van der Waals surface area contributed by atoms with E-state index in [0.29, 0.717) is 36.3 Å². The zero-order chi connectivity index (χ0) is 24.9. The Morgan fingerprint density at radius 2 is 1.91 bits per heavy atom. The van der Waals surface area contributed by atoms with Gasteiger partial charge in [-0.05, 0) is 64.8 Å². The molecular weight excluding hydrogens is 434 g/mol. The molecule has 1 aromatic heterocycles. The highest BCUT2D eigenvalue weighted by Crippen LogP contribution is 2.22. The maximum absolute atomic E-state index is 12.6. The molecule has 1 aliphatic carbocycles. The molecule has 34 heavy (non-hydrogen) atoms. The van der Waals surface area contributed by atoms with E-state index in [2.05, 4.69) is 10.2 Å². The fourth-order valence-electron chi connectivity index (χ4n) is 3.53. The average molecular weight is 468 g/mol. The smallest absolute Gasteiger partial charge is 0.410 e. The number of nitrogens with one attached hydrogen (secondary N) is 1. The number of allylic oxidation sites excluding steroid dienone is 3. The summed E-state index contributed by atoms with van der Waals surface area (Å²) in [7, 11) is 1.70. The van der Waals surface area contributed by atoms with Gasteiger partial charge in [0.05, 0.1) is 0 Å². The van der Waals surface area contributed by atoms with Crippen molar-refractivity contribution in [1.29, 1.82) is 0 Å². The van der Waals surface area contributed by atoms with Gasteiger partial charge in [0.25, 0.3) is 5.91 Å². The molecule has 0 saturated heterocycles. The SMILES string of the molecule is CCN(CCN(C)C(=O)OC(C)(C)C)c1ccc2cc(C(=O)NC3=CCCC=C3)c(=O)oc2c1. The lowest BCUT2D eigenvalue weighted by Crippen LogP contribution is -2.39. The molecule has 8 nitrogen and oxygen atoms in total. The molecule has 0 saturated carbocycles. The molecule has 0 unspecified atom stereocenters. The highest BCUT2D eigenvalue weighted by atomic mass is 16.6. The summed E-state index contributed by atoms with van der Waals surface area (Å²) >= 11 is 0. The number of hydrogen-bond acceptors (Lipinski definition) is 6. The van der Waals surface area contributed by atoms with E-state index in [4.69, 9.17) is 9.15 Å². The van der Waals surface area contributed by atoms with Crippen LogP contribution in [0.4, 0.5) is 10.5 Å². The molecule has 0 radical (unpaired) electrons. The van der Waals surface area contributed by atoms with E-state index in [-0.39, 0.29) is 11.7 Å². The molecule has 3 rings (SSSR count). The Hall–Kier alpha value is -3.55. The van der Waals surface area contributed by atoms with Crippen LogP contribution < -0.4 is 15.8 Å². The van der Waals surface area contributed by atoms with Crippen LogP contribution in [0.3, 0.4) is 0 Å². The highest BCUT2D eigenvalue weighted by Gasteiger charge is 2.20. The van der Waals surface area contributed by atoms with Crippen molar-refractivity contribution in [3.63, 3.8) is 0 Å². The summed E-state index contributed by atoms with van der Waals surface area (Å²) in [6, 6.07) is 7.07. The zero-order valence-electron chi connectivity index (χ0n) is 20.5. The number of nitrogens with zero attached hydrogens (tertiary/aromatic N) is 2. The fourth-order valence-corrected chi connectivity index (χ4v) is 3.53. The fraction of sp³-hybridized carbons (Fsp3) is 0.423. The standard InChI is InChI=1S/C26H33N3O5/c1-6-29(15-14-28(5)25(32)34-26(2,3)4)20-13-12-18-16-21(24(31)33-22(18)17-20)23(30)27-19-10-8-7-9-11-19/h8,10-13,16-17H,6-7,9,14-15H2,1-5H3,(H,27,30). The topological polar surface area (TPSA) is 92.1 Å². The summed E-state index contributed by atoms with van der Waals surface area (Å²) in [5.74, 6) is -0.488. The molecule has 1 N–H and O–H groups in total. The van der Waals surface area contributed by atoms with Crippen LogP contribution in [0, 0.1) is 0 Å². The second kappa shape index (κ2) is 10.6. The lowest BCUT2D eigenvalue weighted by atomic mass is 10.1. The number of amides is 2. The Kier molecular flexibility index (Phi) is 7.81. The van der Waals surface area contributed by atoms with Gasteiger partial charge in [-0.15, -0.1) is 0 Å². The molecular formula is C26H33N3O5. The Balaban J connectivity index is 1.73. The predicted molar refractivity (Wildman–Crippen MR) is 133 cm³/mol. The minimum Gasteiger partial charge on any atom is -0.444 e. The third kappa shape index (κ3) is 6.50. The lowest BCUT2D eigenvalue weighted by Gasteiger charge is -2.28. The first-order chi connectivity index (χ1) is 16.1. The molecule has 182 valence electrons. The van der Waals surface area contributed by atoms with Gasteiger partial charge in [0.1, 0.15) is 16.7 Å². The Labute approximate surface area is 199 Å². The Morgan fingerprint density at radius 3 is 2.56 bits per heavy atom. The second-order valence-electron chi connectivity index (χ2n) is 9.24. The number of fused-ring (bicyclic) bond motifs is 1. The van der Waals surface area contributed by atoms with E-state index < -0.39 is 17.1 Å². The Bertz CT molecular complexity index is 1170. The van der Waals surface area contributed by atoms with Gasteiger partial charge in [-0.2, -0.15) is 0 Å².